The van der Waals surface area contributed by atoms with Gasteiger partial charge in [0.1, 0.15) is 0 Å². The van der Waals surface area contributed by atoms with Gasteiger partial charge in [0, 0.05) is 6.54 Å². The number of nitrogens with one attached hydrogen (secondary N) is 1. The van der Waals surface area contributed by atoms with Crippen LogP contribution in [-0.2, 0) is 19.6 Å². The average molecular weight is 266 g/mol. The standard InChI is InChI=1S/C17H18N2O/c18-11-16-2-1-3-17(10-16)12-19-9-8-14-4-6-15(13-20)7-5-14/h1-7,10,19-20H,8-9,12-13H2. The van der Waals surface area contributed by atoms with E-state index in [1.807, 2.05) is 48.5 Å². The third kappa shape index (κ3) is 4.20. The number of hydrogen-bond acceptors (Lipinski definition) is 3. The van der Waals surface area contributed by atoms with E-state index in [1.165, 1.54) is 5.56 Å². The summed E-state index contributed by atoms with van der Waals surface area (Å²) < 4.78 is 0. The van der Waals surface area contributed by atoms with Gasteiger partial charge in [-0.1, -0.05) is 36.4 Å². The van der Waals surface area contributed by atoms with Gasteiger partial charge in [0.05, 0.1) is 18.2 Å². The van der Waals surface area contributed by atoms with Crippen LogP contribution in [0.2, 0.25) is 0 Å². The molecule has 0 aliphatic heterocycles. The van der Waals surface area contributed by atoms with Crippen molar-refractivity contribution in [3.8, 4) is 6.07 Å². The summed E-state index contributed by atoms with van der Waals surface area (Å²) in [6.07, 6.45) is 0.948. The number of aliphatic hydroxyl groups is 1. The van der Waals surface area contributed by atoms with E-state index in [2.05, 4.69) is 11.4 Å². The molecule has 0 saturated heterocycles. The summed E-state index contributed by atoms with van der Waals surface area (Å²) in [5, 5.41) is 21.2. The summed E-state index contributed by atoms with van der Waals surface area (Å²) in [7, 11) is 0. The Morgan fingerprint density at radius 2 is 1.75 bits per heavy atom. The second-order valence-corrected chi connectivity index (χ2v) is 4.71. The first-order valence-electron chi connectivity index (χ1n) is 6.70. The smallest absolute Gasteiger partial charge is 0.0991 e. The zero-order valence-corrected chi connectivity index (χ0v) is 11.3. The lowest BCUT2D eigenvalue weighted by molar-refractivity contribution is 0.282. The second kappa shape index (κ2) is 7.44. The van der Waals surface area contributed by atoms with E-state index in [-0.39, 0.29) is 6.61 Å². The van der Waals surface area contributed by atoms with Crippen LogP contribution >= 0.6 is 0 Å². The number of nitrogens with zero attached hydrogens (tertiary/aromatic N) is 1. The van der Waals surface area contributed by atoms with Crippen molar-refractivity contribution in [1.29, 1.82) is 5.26 Å². The van der Waals surface area contributed by atoms with Crippen molar-refractivity contribution in [2.45, 2.75) is 19.6 Å². The summed E-state index contributed by atoms with van der Waals surface area (Å²) in [5.41, 5.74) is 4.01. The molecule has 0 atom stereocenters. The molecular weight excluding hydrogens is 248 g/mol. The van der Waals surface area contributed by atoms with Crippen LogP contribution in [0, 0.1) is 11.3 Å². The van der Waals surface area contributed by atoms with E-state index in [9.17, 15) is 0 Å². The predicted octanol–water partition coefficient (Wildman–Crippen LogP) is 2.38. The lowest BCUT2D eigenvalue weighted by atomic mass is 10.1. The molecule has 0 aromatic heterocycles. The molecule has 2 aromatic carbocycles. The summed E-state index contributed by atoms with van der Waals surface area (Å²) in [6.45, 7) is 1.74. The van der Waals surface area contributed by atoms with Crippen molar-refractivity contribution < 1.29 is 5.11 Å². The van der Waals surface area contributed by atoms with Crippen LogP contribution in [0.15, 0.2) is 48.5 Å². The Balaban J connectivity index is 1.77. The van der Waals surface area contributed by atoms with Crippen LogP contribution in [0.4, 0.5) is 0 Å². The van der Waals surface area contributed by atoms with Crippen molar-refractivity contribution in [3.63, 3.8) is 0 Å². The molecule has 0 bridgehead atoms. The monoisotopic (exact) mass is 266 g/mol. The molecule has 0 aliphatic carbocycles. The fourth-order valence-electron chi connectivity index (χ4n) is 2.03. The van der Waals surface area contributed by atoms with Crippen LogP contribution < -0.4 is 5.32 Å². The minimum absolute atomic E-state index is 0.0910. The predicted molar refractivity (Wildman–Crippen MR) is 78.9 cm³/mol. The highest BCUT2D eigenvalue weighted by molar-refractivity contribution is 5.32. The number of nitriles is 1. The van der Waals surface area contributed by atoms with Gasteiger partial charge >= 0.3 is 0 Å². The topological polar surface area (TPSA) is 56.0 Å². The zero-order valence-electron chi connectivity index (χ0n) is 11.3. The SMILES string of the molecule is N#Cc1cccc(CNCCc2ccc(CO)cc2)c1. The Morgan fingerprint density at radius 3 is 2.45 bits per heavy atom. The molecule has 0 radical (unpaired) electrons. The van der Waals surface area contributed by atoms with Crippen molar-refractivity contribution >= 4 is 0 Å². The van der Waals surface area contributed by atoms with Crippen molar-refractivity contribution in [2.24, 2.45) is 0 Å². The normalized spacial score (nSPS) is 10.2. The first-order chi connectivity index (χ1) is 9.81. The fourth-order valence-corrected chi connectivity index (χ4v) is 2.03. The molecule has 0 aliphatic rings. The Morgan fingerprint density at radius 1 is 1.00 bits per heavy atom. The lowest BCUT2D eigenvalue weighted by Crippen LogP contribution is -2.16. The van der Waals surface area contributed by atoms with Gasteiger partial charge in [-0.05, 0) is 41.8 Å². The Labute approximate surface area is 119 Å². The Bertz CT molecular complexity index is 585. The number of rotatable bonds is 6. The van der Waals surface area contributed by atoms with Gasteiger partial charge in [0.15, 0.2) is 0 Å². The molecule has 102 valence electrons. The van der Waals surface area contributed by atoms with E-state index in [0.717, 1.165) is 30.6 Å². The third-order valence-corrected chi connectivity index (χ3v) is 3.18. The highest BCUT2D eigenvalue weighted by Crippen LogP contribution is 2.06. The van der Waals surface area contributed by atoms with E-state index in [4.69, 9.17) is 10.4 Å². The molecule has 0 spiro atoms. The molecule has 3 heteroatoms. The van der Waals surface area contributed by atoms with Crippen LogP contribution in [0.5, 0.6) is 0 Å². The first-order valence-corrected chi connectivity index (χ1v) is 6.70. The maximum absolute atomic E-state index is 8.98. The van der Waals surface area contributed by atoms with Crippen LogP contribution in [0.3, 0.4) is 0 Å². The van der Waals surface area contributed by atoms with E-state index in [1.54, 1.807) is 0 Å². The minimum atomic E-state index is 0.0910. The van der Waals surface area contributed by atoms with E-state index >= 15 is 0 Å². The maximum atomic E-state index is 8.98. The number of aliphatic hydroxyl groups excluding tert-OH is 1. The third-order valence-electron chi connectivity index (χ3n) is 3.18. The van der Waals surface area contributed by atoms with Gasteiger partial charge in [0.2, 0.25) is 0 Å². The minimum Gasteiger partial charge on any atom is -0.392 e. The molecule has 0 amide bonds. The number of hydrogen-bond donors (Lipinski definition) is 2. The quantitative estimate of drug-likeness (QED) is 0.789. The molecule has 0 saturated carbocycles. The number of benzene rings is 2. The lowest BCUT2D eigenvalue weighted by Gasteiger charge is -2.06. The highest BCUT2D eigenvalue weighted by Gasteiger charge is 1.97. The molecule has 0 unspecified atom stereocenters. The fraction of sp³-hybridized carbons (Fsp3) is 0.235. The molecule has 3 nitrogen and oxygen atoms in total. The van der Waals surface area contributed by atoms with Gasteiger partial charge in [0.25, 0.3) is 0 Å². The van der Waals surface area contributed by atoms with Crippen LogP contribution in [0.1, 0.15) is 22.3 Å². The van der Waals surface area contributed by atoms with Crippen molar-refractivity contribution in [1.82, 2.24) is 5.32 Å². The summed E-state index contributed by atoms with van der Waals surface area (Å²) in [5.74, 6) is 0. The van der Waals surface area contributed by atoms with Gasteiger partial charge in [-0.3, -0.25) is 0 Å². The molecule has 0 fully saturated rings. The van der Waals surface area contributed by atoms with Crippen LogP contribution in [-0.4, -0.2) is 11.7 Å². The van der Waals surface area contributed by atoms with Gasteiger partial charge in [-0.25, -0.2) is 0 Å². The van der Waals surface area contributed by atoms with E-state index < -0.39 is 0 Å². The highest BCUT2D eigenvalue weighted by atomic mass is 16.3. The van der Waals surface area contributed by atoms with Crippen LogP contribution in [0.25, 0.3) is 0 Å². The van der Waals surface area contributed by atoms with Gasteiger partial charge in [-0.15, -0.1) is 0 Å². The van der Waals surface area contributed by atoms with Gasteiger partial charge in [-0.2, -0.15) is 5.26 Å². The zero-order chi connectivity index (χ0) is 14.2. The average Bonchev–Trinajstić information content (AvgIpc) is 2.52. The molecule has 2 N–H and O–H groups in total. The summed E-state index contributed by atoms with van der Waals surface area (Å²) in [4.78, 5) is 0. The van der Waals surface area contributed by atoms with Gasteiger partial charge < -0.3 is 10.4 Å². The second-order valence-electron chi connectivity index (χ2n) is 4.71. The first kappa shape index (κ1) is 14.3. The van der Waals surface area contributed by atoms with Crippen molar-refractivity contribution in [2.75, 3.05) is 6.54 Å². The maximum Gasteiger partial charge on any atom is 0.0991 e. The van der Waals surface area contributed by atoms with Crippen molar-refractivity contribution in [3.05, 3.63) is 70.8 Å². The molecule has 0 heterocycles. The molecule has 2 aromatic rings. The Hall–Kier alpha value is -2.15. The van der Waals surface area contributed by atoms with E-state index in [0.29, 0.717) is 5.56 Å². The largest absolute Gasteiger partial charge is 0.392 e. The summed E-state index contributed by atoms with van der Waals surface area (Å²) >= 11 is 0. The molecule has 20 heavy (non-hydrogen) atoms. The molecular formula is C17H18N2O. The summed E-state index contributed by atoms with van der Waals surface area (Å²) in [6, 6.07) is 17.8. The molecule has 2 rings (SSSR count). The Kier molecular flexibility index (Phi) is 5.31.